The standard InChI is InChI=1S/C31H22N2/c1-33-30-12-5-3-10-25(30)27-19-23(14-16-31(27)33)21-8-6-7-20(17-21)22-13-15-29-26(18-22)24-9-2-4-11-28(24)32-29/h2-19,32H,1H3. The molecule has 0 unspecified atom stereocenters. The molecule has 2 aromatic heterocycles. The molecule has 0 radical (unpaired) electrons. The van der Waals surface area contributed by atoms with Crippen molar-refractivity contribution < 1.29 is 0 Å². The molecule has 0 amide bonds. The molecule has 156 valence electrons. The first-order chi connectivity index (χ1) is 16.3. The minimum Gasteiger partial charge on any atom is -0.355 e. The first kappa shape index (κ1) is 18.3. The number of aromatic nitrogens is 2. The third-order valence-electron chi connectivity index (χ3n) is 6.95. The number of aromatic amines is 1. The molecule has 0 aliphatic heterocycles. The van der Waals surface area contributed by atoms with Crippen LogP contribution in [0, 0.1) is 0 Å². The van der Waals surface area contributed by atoms with Crippen molar-refractivity contribution in [2.75, 3.05) is 0 Å². The topological polar surface area (TPSA) is 20.7 Å². The van der Waals surface area contributed by atoms with Crippen molar-refractivity contribution in [1.82, 2.24) is 9.55 Å². The molecule has 0 saturated heterocycles. The monoisotopic (exact) mass is 422 g/mol. The van der Waals surface area contributed by atoms with E-state index in [2.05, 4.69) is 126 Å². The maximum Gasteiger partial charge on any atom is 0.0489 e. The molecule has 0 aliphatic carbocycles. The van der Waals surface area contributed by atoms with E-state index in [-0.39, 0.29) is 0 Å². The Morgan fingerprint density at radius 3 is 1.91 bits per heavy atom. The van der Waals surface area contributed by atoms with Gasteiger partial charge in [-0.15, -0.1) is 0 Å². The zero-order chi connectivity index (χ0) is 21.9. The predicted octanol–water partition coefficient (Wildman–Crippen LogP) is 8.30. The van der Waals surface area contributed by atoms with Gasteiger partial charge in [-0.1, -0.05) is 66.7 Å². The third kappa shape index (κ3) is 2.74. The summed E-state index contributed by atoms with van der Waals surface area (Å²) in [5.41, 5.74) is 9.85. The zero-order valence-electron chi connectivity index (χ0n) is 18.3. The Balaban J connectivity index is 1.37. The van der Waals surface area contributed by atoms with E-state index in [4.69, 9.17) is 0 Å². The fraction of sp³-hybridized carbons (Fsp3) is 0.0323. The largest absolute Gasteiger partial charge is 0.355 e. The lowest BCUT2D eigenvalue weighted by Gasteiger charge is -2.08. The molecule has 2 nitrogen and oxygen atoms in total. The Morgan fingerprint density at radius 1 is 0.455 bits per heavy atom. The van der Waals surface area contributed by atoms with Crippen molar-refractivity contribution >= 4 is 43.6 Å². The number of aryl methyl sites for hydroxylation is 1. The number of fused-ring (bicyclic) bond motifs is 6. The fourth-order valence-corrected chi connectivity index (χ4v) is 5.25. The molecule has 5 aromatic carbocycles. The average Bonchev–Trinajstić information content (AvgIpc) is 3.39. The number of nitrogens with zero attached hydrogens (tertiary/aromatic N) is 1. The van der Waals surface area contributed by atoms with Crippen molar-refractivity contribution in [1.29, 1.82) is 0 Å². The average molecular weight is 423 g/mol. The van der Waals surface area contributed by atoms with Gasteiger partial charge in [0.2, 0.25) is 0 Å². The molecule has 0 aliphatic rings. The molecule has 0 saturated carbocycles. The molecule has 2 heterocycles. The smallest absolute Gasteiger partial charge is 0.0489 e. The van der Waals surface area contributed by atoms with Crippen molar-refractivity contribution in [3.05, 3.63) is 109 Å². The number of para-hydroxylation sites is 2. The summed E-state index contributed by atoms with van der Waals surface area (Å²) in [6.45, 7) is 0. The van der Waals surface area contributed by atoms with Crippen LogP contribution >= 0.6 is 0 Å². The lowest BCUT2D eigenvalue weighted by molar-refractivity contribution is 1.01. The number of rotatable bonds is 2. The molecule has 7 aromatic rings. The van der Waals surface area contributed by atoms with Crippen LogP contribution in [-0.4, -0.2) is 9.55 Å². The molecule has 0 spiro atoms. The molecule has 0 bridgehead atoms. The first-order valence-electron chi connectivity index (χ1n) is 11.3. The van der Waals surface area contributed by atoms with Crippen molar-refractivity contribution in [2.45, 2.75) is 0 Å². The van der Waals surface area contributed by atoms with Crippen LogP contribution in [0.5, 0.6) is 0 Å². The normalized spacial score (nSPS) is 11.8. The van der Waals surface area contributed by atoms with E-state index in [1.165, 1.54) is 65.9 Å². The van der Waals surface area contributed by atoms with Gasteiger partial charge in [0.1, 0.15) is 0 Å². The molecular weight excluding hydrogens is 400 g/mol. The molecular formula is C31H22N2. The minimum atomic E-state index is 1.18. The molecule has 0 fully saturated rings. The van der Waals surface area contributed by atoms with Crippen LogP contribution in [0.1, 0.15) is 0 Å². The van der Waals surface area contributed by atoms with Crippen molar-refractivity contribution in [3.8, 4) is 22.3 Å². The summed E-state index contributed by atoms with van der Waals surface area (Å²) in [7, 11) is 2.14. The van der Waals surface area contributed by atoms with Crippen LogP contribution < -0.4 is 0 Å². The highest BCUT2D eigenvalue weighted by Crippen LogP contribution is 2.34. The van der Waals surface area contributed by atoms with E-state index in [9.17, 15) is 0 Å². The van der Waals surface area contributed by atoms with Crippen LogP contribution in [0.25, 0.3) is 65.9 Å². The summed E-state index contributed by atoms with van der Waals surface area (Å²) in [5.74, 6) is 0. The number of hydrogen-bond donors (Lipinski definition) is 1. The van der Waals surface area contributed by atoms with Gasteiger partial charge in [0, 0.05) is 50.7 Å². The zero-order valence-corrected chi connectivity index (χ0v) is 18.3. The van der Waals surface area contributed by atoms with E-state index in [0.717, 1.165) is 0 Å². The highest BCUT2D eigenvalue weighted by Gasteiger charge is 2.10. The molecule has 1 N–H and O–H groups in total. The summed E-state index contributed by atoms with van der Waals surface area (Å²) in [4.78, 5) is 3.53. The summed E-state index contributed by atoms with van der Waals surface area (Å²) in [6.07, 6.45) is 0. The maximum absolute atomic E-state index is 3.53. The number of hydrogen-bond acceptors (Lipinski definition) is 0. The number of H-pyrrole nitrogens is 1. The van der Waals surface area contributed by atoms with Gasteiger partial charge in [0.05, 0.1) is 0 Å². The van der Waals surface area contributed by atoms with Gasteiger partial charge in [-0.3, -0.25) is 0 Å². The van der Waals surface area contributed by atoms with Gasteiger partial charge in [-0.2, -0.15) is 0 Å². The lowest BCUT2D eigenvalue weighted by atomic mass is 9.97. The van der Waals surface area contributed by atoms with Crippen LogP contribution in [0.4, 0.5) is 0 Å². The van der Waals surface area contributed by atoms with Gasteiger partial charge >= 0.3 is 0 Å². The third-order valence-corrected chi connectivity index (χ3v) is 6.95. The second-order valence-electron chi connectivity index (χ2n) is 8.82. The Bertz CT molecular complexity index is 1830. The van der Waals surface area contributed by atoms with Crippen molar-refractivity contribution in [3.63, 3.8) is 0 Å². The summed E-state index contributed by atoms with van der Waals surface area (Å²) >= 11 is 0. The second kappa shape index (κ2) is 6.85. The summed E-state index contributed by atoms with van der Waals surface area (Å²) in [6, 6.07) is 39.6. The highest BCUT2D eigenvalue weighted by molar-refractivity contribution is 6.10. The van der Waals surface area contributed by atoms with E-state index in [1.807, 2.05) is 0 Å². The van der Waals surface area contributed by atoms with Gasteiger partial charge < -0.3 is 9.55 Å². The Kier molecular flexibility index (Phi) is 3.80. The van der Waals surface area contributed by atoms with Crippen LogP contribution in [-0.2, 0) is 7.05 Å². The fourth-order valence-electron chi connectivity index (χ4n) is 5.25. The van der Waals surface area contributed by atoms with Gasteiger partial charge in [0.25, 0.3) is 0 Å². The van der Waals surface area contributed by atoms with Gasteiger partial charge in [-0.25, -0.2) is 0 Å². The van der Waals surface area contributed by atoms with E-state index in [1.54, 1.807) is 0 Å². The quantitative estimate of drug-likeness (QED) is 0.289. The number of nitrogens with one attached hydrogen (secondary N) is 1. The summed E-state index contributed by atoms with van der Waals surface area (Å²) < 4.78 is 2.28. The Labute approximate surface area is 191 Å². The summed E-state index contributed by atoms with van der Waals surface area (Å²) in [5, 5.41) is 5.14. The highest BCUT2D eigenvalue weighted by atomic mass is 14.9. The molecule has 0 atom stereocenters. The van der Waals surface area contributed by atoms with Gasteiger partial charge in [0.15, 0.2) is 0 Å². The molecule has 2 heteroatoms. The Hall–Kier alpha value is -4.30. The van der Waals surface area contributed by atoms with Crippen molar-refractivity contribution in [2.24, 2.45) is 7.05 Å². The molecule has 33 heavy (non-hydrogen) atoms. The van der Waals surface area contributed by atoms with E-state index < -0.39 is 0 Å². The minimum absolute atomic E-state index is 1.18. The first-order valence-corrected chi connectivity index (χ1v) is 11.3. The number of benzene rings is 5. The van der Waals surface area contributed by atoms with E-state index in [0.29, 0.717) is 0 Å². The van der Waals surface area contributed by atoms with E-state index >= 15 is 0 Å². The van der Waals surface area contributed by atoms with Crippen LogP contribution in [0.15, 0.2) is 109 Å². The van der Waals surface area contributed by atoms with Crippen LogP contribution in [0.2, 0.25) is 0 Å². The second-order valence-corrected chi connectivity index (χ2v) is 8.82. The SMILES string of the molecule is Cn1c2ccccc2c2cc(-c3cccc(-c4ccc5[nH]c6ccccc6c5c4)c3)ccc21. The van der Waals surface area contributed by atoms with Gasteiger partial charge in [-0.05, 0) is 64.7 Å². The maximum atomic E-state index is 3.53. The molecule has 7 rings (SSSR count). The Morgan fingerprint density at radius 2 is 1.06 bits per heavy atom. The lowest BCUT2D eigenvalue weighted by Crippen LogP contribution is -1.86. The predicted molar refractivity (Wildman–Crippen MR) is 141 cm³/mol. The van der Waals surface area contributed by atoms with Crippen LogP contribution in [0.3, 0.4) is 0 Å².